The number of amides is 1. The molecule has 1 atom stereocenters. The second-order valence-electron chi connectivity index (χ2n) is 7.39. The third-order valence-electron chi connectivity index (χ3n) is 4.86. The lowest BCUT2D eigenvalue weighted by Gasteiger charge is -2.32. The molecule has 0 bridgehead atoms. The third-order valence-corrected chi connectivity index (χ3v) is 4.86. The van der Waals surface area contributed by atoms with Crippen LogP contribution in [0.4, 0.5) is 0 Å². The van der Waals surface area contributed by atoms with Gasteiger partial charge in [-0.2, -0.15) is 5.26 Å². The molecule has 1 fully saturated rings. The molecule has 1 N–H and O–H groups in total. The van der Waals surface area contributed by atoms with Gasteiger partial charge in [0.15, 0.2) is 12.7 Å². The van der Waals surface area contributed by atoms with Gasteiger partial charge in [-0.15, -0.1) is 0 Å². The van der Waals surface area contributed by atoms with Crippen molar-refractivity contribution in [1.82, 2.24) is 5.32 Å². The minimum absolute atomic E-state index is 0.276. The fraction of sp³-hybridized carbons (Fsp3) is 0.571. The van der Waals surface area contributed by atoms with Crippen molar-refractivity contribution >= 4 is 11.9 Å². The van der Waals surface area contributed by atoms with E-state index in [1.54, 1.807) is 12.1 Å². The Morgan fingerprint density at radius 2 is 1.78 bits per heavy atom. The summed E-state index contributed by atoms with van der Waals surface area (Å²) in [5.74, 6) is -0.0864. The topological polar surface area (TPSA) is 88.4 Å². The number of nitriles is 1. The molecule has 146 valence electrons. The van der Waals surface area contributed by atoms with E-state index in [9.17, 15) is 14.9 Å². The fourth-order valence-corrected chi connectivity index (χ4v) is 3.13. The number of ether oxygens (including phenoxy) is 2. The molecule has 0 aliphatic heterocycles. The Morgan fingerprint density at radius 1 is 1.15 bits per heavy atom. The molecule has 1 aromatic carbocycles. The van der Waals surface area contributed by atoms with Crippen molar-refractivity contribution in [3.05, 3.63) is 29.8 Å². The van der Waals surface area contributed by atoms with E-state index in [-0.39, 0.29) is 6.61 Å². The van der Waals surface area contributed by atoms with Crippen LogP contribution in [-0.4, -0.2) is 30.1 Å². The van der Waals surface area contributed by atoms with E-state index < -0.39 is 23.5 Å². The van der Waals surface area contributed by atoms with Crippen LogP contribution < -0.4 is 10.1 Å². The van der Waals surface area contributed by atoms with Gasteiger partial charge in [-0.1, -0.05) is 45.2 Å². The van der Waals surface area contributed by atoms with Crippen molar-refractivity contribution in [2.75, 3.05) is 6.61 Å². The standard InChI is InChI=1S/C21H28N2O4/c1-15(2)17-7-9-18(10-8-17)26-13-19(24)27-16(3)20(25)23-21(14-22)11-5-4-6-12-21/h7-10,15-16H,4-6,11-13H2,1-3H3,(H,23,25)/t16-/m0/s1. The number of rotatable bonds is 7. The fourth-order valence-electron chi connectivity index (χ4n) is 3.13. The number of hydrogen-bond acceptors (Lipinski definition) is 5. The Kier molecular flexibility index (Phi) is 7.23. The summed E-state index contributed by atoms with van der Waals surface area (Å²) in [5.41, 5.74) is 0.342. The third kappa shape index (κ3) is 5.99. The molecule has 0 aromatic heterocycles. The SMILES string of the molecule is CC(C)c1ccc(OCC(=O)O[C@@H](C)C(=O)NC2(C#N)CCCCC2)cc1. The molecule has 6 nitrogen and oxygen atoms in total. The number of nitrogens with zero attached hydrogens (tertiary/aromatic N) is 1. The normalized spacial score (nSPS) is 16.9. The first-order chi connectivity index (χ1) is 12.8. The van der Waals surface area contributed by atoms with E-state index in [1.807, 2.05) is 12.1 Å². The molecule has 0 unspecified atom stereocenters. The highest BCUT2D eigenvalue weighted by molar-refractivity contribution is 5.84. The van der Waals surface area contributed by atoms with Gasteiger partial charge in [0.25, 0.3) is 5.91 Å². The maximum Gasteiger partial charge on any atom is 0.344 e. The molecule has 0 spiro atoms. The molecule has 1 aliphatic rings. The predicted molar refractivity (Wildman–Crippen MR) is 101 cm³/mol. The number of hydrogen-bond donors (Lipinski definition) is 1. The largest absolute Gasteiger partial charge is 0.482 e. The van der Waals surface area contributed by atoms with E-state index in [0.29, 0.717) is 24.5 Å². The lowest BCUT2D eigenvalue weighted by Crippen LogP contribution is -2.52. The molecule has 1 saturated carbocycles. The lowest BCUT2D eigenvalue weighted by molar-refractivity contribution is -0.157. The average Bonchev–Trinajstić information content (AvgIpc) is 2.67. The highest BCUT2D eigenvalue weighted by Gasteiger charge is 2.35. The number of carbonyl (C=O) groups is 2. The number of esters is 1. The molecule has 0 saturated heterocycles. The van der Waals surface area contributed by atoms with E-state index in [2.05, 4.69) is 25.2 Å². The lowest BCUT2D eigenvalue weighted by atomic mass is 9.83. The van der Waals surface area contributed by atoms with Crippen molar-refractivity contribution in [3.63, 3.8) is 0 Å². The maximum absolute atomic E-state index is 12.3. The quantitative estimate of drug-likeness (QED) is 0.741. The molecule has 1 amide bonds. The Labute approximate surface area is 160 Å². The van der Waals surface area contributed by atoms with E-state index in [1.165, 1.54) is 12.5 Å². The van der Waals surface area contributed by atoms with Gasteiger partial charge in [0, 0.05) is 0 Å². The predicted octanol–water partition coefficient (Wildman–Crippen LogP) is 3.46. The van der Waals surface area contributed by atoms with Crippen LogP contribution in [0.5, 0.6) is 5.75 Å². The highest BCUT2D eigenvalue weighted by atomic mass is 16.6. The van der Waals surface area contributed by atoms with Crippen LogP contribution in [0.3, 0.4) is 0 Å². The van der Waals surface area contributed by atoms with E-state index in [0.717, 1.165) is 19.3 Å². The van der Waals surface area contributed by atoms with Crippen molar-refractivity contribution in [2.24, 2.45) is 0 Å². The summed E-state index contributed by atoms with van der Waals surface area (Å²) in [6.45, 7) is 5.42. The number of carbonyl (C=O) groups excluding carboxylic acids is 2. The van der Waals surface area contributed by atoms with Crippen LogP contribution >= 0.6 is 0 Å². The van der Waals surface area contributed by atoms with Gasteiger partial charge in [-0.25, -0.2) is 4.79 Å². The zero-order chi connectivity index (χ0) is 19.9. The highest BCUT2D eigenvalue weighted by Crippen LogP contribution is 2.27. The van der Waals surface area contributed by atoms with Crippen LogP contribution in [0, 0.1) is 11.3 Å². The zero-order valence-corrected chi connectivity index (χ0v) is 16.3. The van der Waals surface area contributed by atoms with Crippen molar-refractivity contribution in [3.8, 4) is 11.8 Å². The van der Waals surface area contributed by atoms with Crippen molar-refractivity contribution in [1.29, 1.82) is 5.26 Å². The molecule has 6 heteroatoms. The Balaban J connectivity index is 1.80. The molecule has 0 radical (unpaired) electrons. The Morgan fingerprint density at radius 3 is 2.33 bits per heavy atom. The molecule has 1 aromatic rings. The van der Waals surface area contributed by atoms with Crippen LogP contribution in [0.15, 0.2) is 24.3 Å². The zero-order valence-electron chi connectivity index (χ0n) is 16.3. The van der Waals surface area contributed by atoms with Gasteiger partial charge in [0.1, 0.15) is 11.3 Å². The second kappa shape index (κ2) is 9.40. The first-order valence-corrected chi connectivity index (χ1v) is 9.51. The van der Waals surface area contributed by atoms with Gasteiger partial charge >= 0.3 is 5.97 Å². The molecule has 2 rings (SSSR count). The summed E-state index contributed by atoms with van der Waals surface area (Å²) >= 11 is 0. The van der Waals surface area contributed by atoms with Gasteiger partial charge in [0.2, 0.25) is 0 Å². The van der Waals surface area contributed by atoms with E-state index in [4.69, 9.17) is 9.47 Å². The number of benzene rings is 1. The second-order valence-corrected chi connectivity index (χ2v) is 7.39. The Bertz CT molecular complexity index is 685. The summed E-state index contributed by atoms with van der Waals surface area (Å²) in [6.07, 6.45) is 3.17. The van der Waals surface area contributed by atoms with Crippen molar-refractivity contribution < 1.29 is 19.1 Å². The molecule has 0 heterocycles. The molecular weight excluding hydrogens is 344 g/mol. The van der Waals surface area contributed by atoms with E-state index >= 15 is 0 Å². The maximum atomic E-state index is 12.3. The van der Waals surface area contributed by atoms with Crippen LogP contribution in [-0.2, 0) is 14.3 Å². The summed E-state index contributed by atoms with van der Waals surface area (Å²) in [6, 6.07) is 9.73. The summed E-state index contributed by atoms with van der Waals surface area (Å²) in [7, 11) is 0. The van der Waals surface area contributed by atoms with Gasteiger partial charge in [-0.3, -0.25) is 4.79 Å². The summed E-state index contributed by atoms with van der Waals surface area (Å²) < 4.78 is 10.6. The summed E-state index contributed by atoms with van der Waals surface area (Å²) in [5, 5.41) is 12.2. The van der Waals surface area contributed by atoms with Crippen LogP contribution in [0.25, 0.3) is 0 Å². The van der Waals surface area contributed by atoms with Gasteiger partial charge in [0.05, 0.1) is 6.07 Å². The smallest absolute Gasteiger partial charge is 0.344 e. The first kappa shape index (κ1) is 20.8. The first-order valence-electron chi connectivity index (χ1n) is 9.51. The monoisotopic (exact) mass is 372 g/mol. The van der Waals surface area contributed by atoms with Crippen LogP contribution in [0.2, 0.25) is 0 Å². The Hall–Kier alpha value is -2.55. The molecular formula is C21H28N2O4. The average molecular weight is 372 g/mol. The minimum atomic E-state index is -0.975. The van der Waals surface area contributed by atoms with Gasteiger partial charge < -0.3 is 14.8 Å². The minimum Gasteiger partial charge on any atom is -0.482 e. The molecule has 27 heavy (non-hydrogen) atoms. The van der Waals surface area contributed by atoms with Crippen LogP contribution in [0.1, 0.15) is 64.4 Å². The number of nitrogens with one attached hydrogen (secondary N) is 1. The summed E-state index contributed by atoms with van der Waals surface area (Å²) in [4.78, 5) is 24.3. The van der Waals surface area contributed by atoms with Crippen molar-refractivity contribution in [2.45, 2.75) is 70.4 Å². The van der Waals surface area contributed by atoms with Gasteiger partial charge in [-0.05, 0) is 43.4 Å². The molecule has 1 aliphatic carbocycles.